The van der Waals surface area contributed by atoms with Crippen LogP contribution in [0.4, 0.5) is 5.69 Å². The van der Waals surface area contributed by atoms with Crippen molar-refractivity contribution < 1.29 is 19.1 Å². The number of hydrogen-bond donors (Lipinski definition) is 0. The largest absolute Gasteiger partial charge is 0.497 e. The van der Waals surface area contributed by atoms with Gasteiger partial charge in [0.15, 0.2) is 0 Å². The highest BCUT2D eigenvalue weighted by molar-refractivity contribution is 6.48. The Kier molecular flexibility index (Phi) is 4.11. The molecule has 1 aromatic carbocycles. The quantitative estimate of drug-likeness (QED) is 0.591. The number of rotatable bonds is 3. The second kappa shape index (κ2) is 6.06. The number of carbonyl (C=O) groups is 3. The Morgan fingerprint density at radius 3 is 2.04 bits per heavy atom. The molecule has 0 N–H and O–H groups in total. The summed E-state index contributed by atoms with van der Waals surface area (Å²) in [6, 6.07) is 7.88. The normalized spacial score (nSPS) is 31.4. The Morgan fingerprint density at radius 2 is 1.54 bits per heavy atom. The van der Waals surface area contributed by atoms with Crippen molar-refractivity contribution in [2.24, 2.45) is 16.2 Å². The van der Waals surface area contributed by atoms with Crippen LogP contribution in [-0.4, -0.2) is 55.7 Å². The smallest absolute Gasteiger partial charge is 0.237 e. The van der Waals surface area contributed by atoms with E-state index in [4.69, 9.17) is 4.74 Å². The fourth-order valence-electron chi connectivity index (χ4n) is 5.47. The number of benzene rings is 1. The molecule has 1 aliphatic heterocycles. The summed E-state index contributed by atoms with van der Waals surface area (Å²) in [4.78, 5) is 43.1. The molecule has 3 fully saturated rings. The lowest BCUT2D eigenvalue weighted by atomic mass is 9.64. The van der Waals surface area contributed by atoms with Gasteiger partial charge in [-0.15, -0.1) is 0 Å². The molecule has 1 aromatic rings. The van der Waals surface area contributed by atoms with Gasteiger partial charge in [-0.1, -0.05) is 20.8 Å². The number of fused-ring (bicyclic) bond motifs is 2. The molecule has 0 unspecified atom stereocenters. The minimum Gasteiger partial charge on any atom is -0.497 e. The van der Waals surface area contributed by atoms with Gasteiger partial charge in [0.05, 0.1) is 7.11 Å². The standard InChI is InChI=1S/C22H28N2O4/c1-20(2)21(3)9-10-22(20,18(26)17(21)25)19(27)24-13-11-23(12-14-24)15-5-7-16(28-4)8-6-15/h5-8H,9-14H2,1-4H3/t21-,22+/m1/s1. The van der Waals surface area contributed by atoms with Crippen LogP contribution in [0.1, 0.15) is 33.6 Å². The van der Waals surface area contributed by atoms with Gasteiger partial charge in [-0.3, -0.25) is 14.4 Å². The molecular formula is C22H28N2O4. The van der Waals surface area contributed by atoms with E-state index in [1.165, 1.54) is 0 Å². The number of ketones is 2. The number of amides is 1. The van der Waals surface area contributed by atoms with Gasteiger partial charge in [0.25, 0.3) is 0 Å². The molecule has 2 saturated carbocycles. The molecule has 4 rings (SSSR count). The van der Waals surface area contributed by atoms with Crippen LogP contribution < -0.4 is 9.64 Å². The maximum absolute atomic E-state index is 13.5. The van der Waals surface area contributed by atoms with Gasteiger partial charge < -0.3 is 14.5 Å². The predicted molar refractivity (Wildman–Crippen MR) is 105 cm³/mol. The van der Waals surface area contributed by atoms with Crippen molar-refractivity contribution >= 4 is 23.2 Å². The van der Waals surface area contributed by atoms with Gasteiger partial charge >= 0.3 is 0 Å². The van der Waals surface area contributed by atoms with Crippen LogP contribution >= 0.6 is 0 Å². The molecule has 0 aromatic heterocycles. The Balaban J connectivity index is 1.51. The van der Waals surface area contributed by atoms with Crippen molar-refractivity contribution in [1.29, 1.82) is 0 Å². The third-order valence-corrected chi connectivity index (χ3v) is 7.91. The van der Waals surface area contributed by atoms with Crippen LogP contribution in [0.3, 0.4) is 0 Å². The summed E-state index contributed by atoms with van der Waals surface area (Å²) in [5.41, 5.74) is -1.45. The van der Waals surface area contributed by atoms with Crippen molar-refractivity contribution in [3.05, 3.63) is 24.3 Å². The van der Waals surface area contributed by atoms with E-state index in [1.807, 2.05) is 45.0 Å². The van der Waals surface area contributed by atoms with Crippen LogP contribution in [0.2, 0.25) is 0 Å². The first-order valence-electron chi connectivity index (χ1n) is 9.97. The highest BCUT2D eigenvalue weighted by Gasteiger charge is 2.78. The van der Waals surface area contributed by atoms with E-state index in [9.17, 15) is 14.4 Å². The average Bonchev–Trinajstić information content (AvgIpc) is 2.99. The van der Waals surface area contributed by atoms with E-state index in [0.29, 0.717) is 39.0 Å². The van der Waals surface area contributed by atoms with E-state index < -0.39 is 22.0 Å². The first kappa shape index (κ1) is 19.0. The van der Waals surface area contributed by atoms with Crippen molar-refractivity contribution in [2.75, 3.05) is 38.2 Å². The molecule has 2 atom stereocenters. The van der Waals surface area contributed by atoms with E-state index in [-0.39, 0.29) is 11.7 Å². The monoisotopic (exact) mass is 384 g/mol. The number of Topliss-reactive ketones (excluding diaryl/α,β-unsaturated/α-hetero) is 2. The molecule has 1 saturated heterocycles. The van der Waals surface area contributed by atoms with Crippen LogP contribution in [0.25, 0.3) is 0 Å². The zero-order chi connectivity index (χ0) is 20.3. The van der Waals surface area contributed by atoms with Crippen LogP contribution in [0.5, 0.6) is 5.75 Å². The summed E-state index contributed by atoms with van der Waals surface area (Å²) < 4.78 is 5.20. The number of carbonyl (C=O) groups excluding carboxylic acids is 3. The van der Waals surface area contributed by atoms with Crippen molar-refractivity contribution in [3.8, 4) is 5.75 Å². The molecule has 0 radical (unpaired) electrons. The molecule has 28 heavy (non-hydrogen) atoms. The molecule has 150 valence electrons. The molecule has 2 aliphatic carbocycles. The molecule has 0 spiro atoms. The lowest BCUT2D eigenvalue weighted by Gasteiger charge is -2.43. The fourth-order valence-corrected chi connectivity index (χ4v) is 5.47. The summed E-state index contributed by atoms with van der Waals surface area (Å²) in [7, 11) is 1.64. The van der Waals surface area contributed by atoms with Gasteiger partial charge in [-0.2, -0.15) is 0 Å². The molecule has 6 heteroatoms. The second-order valence-corrected chi connectivity index (χ2v) is 9.00. The third-order valence-electron chi connectivity index (χ3n) is 7.91. The molecular weight excluding hydrogens is 356 g/mol. The number of hydrogen-bond acceptors (Lipinski definition) is 5. The molecule has 2 bridgehead atoms. The predicted octanol–water partition coefficient (Wildman–Crippen LogP) is 2.31. The number of piperazine rings is 1. The lowest BCUT2D eigenvalue weighted by Crippen LogP contribution is -2.57. The number of anilines is 1. The SMILES string of the molecule is COc1ccc(N2CCN(C(=O)[C@]34CC[C@](C)(C(=O)C3=O)C4(C)C)CC2)cc1. The minimum absolute atomic E-state index is 0.147. The first-order chi connectivity index (χ1) is 13.2. The van der Waals surface area contributed by atoms with Crippen LogP contribution in [-0.2, 0) is 14.4 Å². The topological polar surface area (TPSA) is 66.9 Å². The number of ether oxygens (including phenoxy) is 1. The van der Waals surface area contributed by atoms with Gasteiger partial charge in [0.1, 0.15) is 11.2 Å². The van der Waals surface area contributed by atoms with Gasteiger partial charge in [-0.25, -0.2) is 0 Å². The Hall–Kier alpha value is -2.37. The van der Waals surface area contributed by atoms with Crippen molar-refractivity contribution in [3.63, 3.8) is 0 Å². The van der Waals surface area contributed by atoms with Crippen LogP contribution in [0.15, 0.2) is 24.3 Å². The third kappa shape index (κ3) is 2.17. The number of methoxy groups -OCH3 is 1. The van der Waals surface area contributed by atoms with E-state index in [1.54, 1.807) is 12.0 Å². The van der Waals surface area contributed by atoms with E-state index >= 15 is 0 Å². The summed E-state index contributed by atoms with van der Waals surface area (Å²) in [5.74, 6) is -0.151. The number of nitrogens with zero attached hydrogens (tertiary/aromatic N) is 2. The lowest BCUT2D eigenvalue weighted by molar-refractivity contribution is -0.155. The Bertz CT molecular complexity index is 839. The summed E-state index contributed by atoms with van der Waals surface area (Å²) in [6.07, 6.45) is 1.10. The fraction of sp³-hybridized carbons (Fsp3) is 0.591. The highest BCUT2D eigenvalue weighted by atomic mass is 16.5. The Morgan fingerprint density at radius 1 is 0.929 bits per heavy atom. The van der Waals surface area contributed by atoms with E-state index in [2.05, 4.69) is 4.90 Å². The van der Waals surface area contributed by atoms with Gasteiger partial charge in [0, 0.05) is 37.3 Å². The second-order valence-electron chi connectivity index (χ2n) is 9.00. The maximum Gasteiger partial charge on any atom is 0.237 e. The minimum atomic E-state index is -1.18. The zero-order valence-corrected chi connectivity index (χ0v) is 17.1. The highest BCUT2D eigenvalue weighted by Crippen LogP contribution is 2.69. The first-order valence-corrected chi connectivity index (χ1v) is 9.97. The summed E-state index contributed by atoms with van der Waals surface area (Å²) >= 11 is 0. The van der Waals surface area contributed by atoms with Gasteiger partial charge in [-0.05, 0) is 42.5 Å². The summed E-state index contributed by atoms with van der Waals surface area (Å²) in [5, 5.41) is 0. The van der Waals surface area contributed by atoms with Crippen molar-refractivity contribution in [1.82, 2.24) is 4.90 Å². The van der Waals surface area contributed by atoms with Crippen LogP contribution in [0, 0.1) is 16.2 Å². The maximum atomic E-state index is 13.5. The summed E-state index contributed by atoms with van der Waals surface area (Å²) in [6.45, 7) is 8.23. The Labute approximate surface area is 165 Å². The zero-order valence-electron chi connectivity index (χ0n) is 17.1. The van der Waals surface area contributed by atoms with E-state index in [0.717, 1.165) is 11.4 Å². The van der Waals surface area contributed by atoms with Gasteiger partial charge in [0.2, 0.25) is 17.5 Å². The molecule has 1 heterocycles. The van der Waals surface area contributed by atoms with Crippen molar-refractivity contribution in [2.45, 2.75) is 33.6 Å². The molecule has 1 amide bonds. The molecule has 6 nitrogen and oxygen atoms in total. The molecule has 3 aliphatic rings. The average molecular weight is 384 g/mol.